The van der Waals surface area contributed by atoms with Crippen molar-refractivity contribution in [1.82, 2.24) is 9.80 Å². The zero-order valence-electron chi connectivity index (χ0n) is 15.9. The van der Waals surface area contributed by atoms with Gasteiger partial charge in [-0.25, -0.2) is 4.39 Å². The molecule has 0 aromatic heterocycles. The third-order valence-electron chi connectivity index (χ3n) is 4.93. The Labute approximate surface area is 159 Å². The summed E-state index contributed by atoms with van der Waals surface area (Å²) in [6.45, 7) is 4.38. The molecule has 1 amide bonds. The maximum atomic E-state index is 13.0. The molecular formula is C21H26FN3O2. The van der Waals surface area contributed by atoms with E-state index in [4.69, 9.17) is 4.74 Å². The SMILES string of the molecule is COc1ccc(N2CCN(CC(=O)N(C)Cc3ccc(F)cc3)CC2)cc1. The second kappa shape index (κ2) is 8.86. The molecule has 1 fully saturated rings. The molecule has 27 heavy (non-hydrogen) atoms. The number of methoxy groups -OCH3 is 1. The monoisotopic (exact) mass is 371 g/mol. The number of halogens is 1. The molecule has 0 saturated carbocycles. The van der Waals surface area contributed by atoms with E-state index in [-0.39, 0.29) is 11.7 Å². The molecule has 0 radical (unpaired) electrons. The highest BCUT2D eigenvalue weighted by Gasteiger charge is 2.20. The Morgan fingerprint density at radius 1 is 1.04 bits per heavy atom. The summed E-state index contributed by atoms with van der Waals surface area (Å²) in [5.74, 6) is 0.673. The minimum atomic E-state index is -0.262. The van der Waals surface area contributed by atoms with Crippen molar-refractivity contribution in [2.75, 3.05) is 51.8 Å². The number of carbonyl (C=O) groups excluding carboxylic acids is 1. The molecular weight excluding hydrogens is 345 g/mol. The van der Waals surface area contributed by atoms with E-state index in [0.717, 1.165) is 37.5 Å². The highest BCUT2D eigenvalue weighted by molar-refractivity contribution is 5.78. The van der Waals surface area contributed by atoms with Crippen LogP contribution in [0.2, 0.25) is 0 Å². The standard InChI is InChI=1S/C21H26FN3O2/c1-23(15-17-3-5-18(22)6-4-17)21(26)16-24-11-13-25(14-12-24)19-7-9-20(27-2)10-8-19/h3-10H,11-16H2,1-2H3. The van der Waals surface area contributed by atoms with E-state index in [1.165, 1.54) is 17.8 Å². The van der Waals surface area contributed by atoms with E-state index >= 15 is 0 Å². The minimum Gasteiger partial charge on any atom is -0.497 e. The Balaban J connectivity index is 1.46. The van der Waals surface area contributed by atoms with Crippen LogP contribution >= 0.6 is 0 Å². The Kier molecular flexibility index (Phi) is 6.29. The van der Waals surface area contributed by atoms with Crippen LogP contribution in [0.25, 0.3) is 0 Å². The van der Waals surface area contributed by atoms with Gasteiger partial charge in [0, 0.05) is 45.5 Å². The normalized spacial score (nSPS) is 14.9. The van der Waals surface area contributed by atoms with Crippen molar-refractivity contribution in [3.05, 3.63) is 59.9 Å². The lowest BCUT2D eigenvalue weighted by Gasteiger charge is -2.36. The number of anilines is 1. The van der Waals surface area contributed by atoms with E-state index in [1.54, 1.807) is 31.2 Å². The Hall–Kier alpha value is -2.60. The number of carbonyl (C=O) groups is 1. The number of amides is 1. The molecule has 0 unspecified atom stereocenters. The number of rotatable bonds is 6. The number of likely N-dealkylation sites (N-methyl/N-ethyl adjacent to an activating group) is 1. The van der Waals surface area contributed by atoms with Gasteiger partial charge in [-0.15, -0.1) is 0 Å². The van der Waals surface area contributed by atoms with E-state index in [9.17, 15) is 9.18 Å². The van der Waals surface area contributed by atoms with Crippen molar-refractivity contribution in [2.24, 2.45) is 0 Å². The molecule has 1 saturated heterocycles. The number of piperazine rings is 1. The molecule has 0 bridgehead atoms. The molecule has 0 atom stereocenters. The van der Waals surface area contributed by atoms with Crippen LogP contribution in [0.4, 0.5) is 10.1 Å². The quantitative estimate of drug-likeness (QED) is 0.782. The van der Waals surface area contributed by atoms with Gasteiger partial charge < -0.3 is 14.5 Å². The van der Waals surface area contributed by atoms with Crippen LogP contribution in [-0.2, 0) is 11.3 Å². The third-order valence-corrected chi connectivity index (χ3v) is 4.93. The van der Waals surface area contributed by atoms with E-state index in [0.29, 0.717) is 13.1 Å². The molecule has 0 spiro atoms. The van der Waals surface area contributed by atoms with Crippen molar-refractivity contribution >= 4 is 11.6 Å². The lowest BCUT2D eigenvalue weighted by atomic mass is 10.2. The van der Waals surface area contributed by atoms with Crippen molar-refractivity contribution in [1.29, 1.82) is 0 Å². The van der Waals surface area contributed by atoms with Crippen LogP contribution in [0.15, 0.2) is 48.5 Å². The van der Waals surface area contributed by atoms with Gasteiger partial charge in [-0.05, 0) is 42.0 Å². The van der Waals surface area contributed by atoms with Gasteiger partial charge in [-0.3, -0.25) is 9.69 Å². The second-order valence-corrected chi connectivity index (χ2v) is 6.84. The van der Waals surface area contributed by atoms with Gasteiger partial charge >= 0.3 is 0 Å². The Morgan fingerprint density at radius 2 is 1.67 bits per heavy atom. The van der Waals surface area contributed by atoms with Gasteiger partial charge in [0.05, 0.1) is 13.7 Å². The molecule has 144 valence electrons. The third kappa shape index (κ3) is 5.20. The lowest BCUT2D eigenvalue weighted by Crippen LogP contribution is -2.49. The van der Waals surface area contributed by atoms with Crippen LogP contribution in [-0.4, -0.2) is 62.6 Å². The van der Waals surface area contributed by atoms with Crippen molar-refractivity contribution in [3.63, 3.8) is 0 Å². The Morgan fingerprint density at radius 3 is 2.26 bits per heavy atom. The van der Waals surface area contributed by atoms with Gasteiger partial charge in [0.25, 0.3) is 0 Å². The summed E-state index contributed by atoms with van der Waals surface area (Å²) in [6.07, 6.45) is 0. The molecule has 5 nitrogen and oxygen atoms in total. The summed E-state index contributed by atoms with van der Waals surface area (Å²) in [6, 6.07) is 14.3. The summed E-state index contributed by atoms with van der Waals surface area (Å²) in [7, 11) is 3.46. The molecule has 2 aromatic carbocycles. The van der Waals surface area contributed by atoms with Gasteiger partial charge in [-0.2, -0.15) is 0 Å². The highest BCUT2D eigenvalue weighted by atomic mass is 19.1. The predicted molar refractivity (Wildman–Crippen MR) is 105 cm³/mol. The zero-order chi connectivity index (χ0) is 19.2. The maximum Gasteiger partial charge on any atom is 0.236 e. The smallest absolute Gasteiger partial charge is 0.236 e. The van der Waals surface area contributed by atoms with Crippen LogP contribution in [0.1, 0.15) is 5.56 Å². The molecule has 6 heteroatoms. The van der Waals surface area contributed by atoms with E-state index in [2.05, 4.69) is 21.9 Å². The molecule has 0 aliphatic carbocycles. The topological polar surface area (TPSA) is 36.0 Å². The van der Waals surface area contributed by atoms with Crippen LogP contribution in [0.5, 0.6) is 5.75 Å². The molecule has 1 aliphatic heterocycles. The fourth-order valence-electron chi connectivity index (χ4n) is 3.22. The minimum absolute atomic E-state index is 0.0808. The first-order valence-corrected chi connectivity index (χ1v) is 9.15. The first-order valence-electron chi connectivity index (χ1n) is 9.15. The van der Waals surface area contributed by atoms with Crippen LogP contribution in [0.3, 0.4) is 0 Å². The predicted octanol–water partition coefficient (Wildman–Crippen LogP) is 2.61. The fourth-order valence-corrected chi connectivity index (χ4v) is 3.22. The molecule has 3 rings (SSSR count). The van der Waals surface area contributed by atoms with Gasteiger partial charge in [-0.1, -0.05) is 12.1 Å². The van der Waals surface area contributed by atoms with Crippen molar-refractivity contribution in [2.45, 2.75) is 6.54 Å². The molecule has 0 N–H and O–H groups in total. The van der Waals surface area contributed by atoms with Gasteiger partial charge in [0.2, 0.25) is 5.91 Å². The van der Waals surface area contributed by atoms with Crippen LogP contribution < -0.4 is 9.64 Å². The largest absolute Gasteiger partial charge is 0.497 e. The van der Waals surface area contributed by atoms with E-state index < -0.39 is 0 Å². The number of nitrogens with zero attached hydrogens (tertiary/aromatic N) is 3. The summed E-state index contributed by atoms with van der Waals surface area (Å²) >= 11 is 0. The fraction of sp³-hybridized carbons (Fsp3) is 0.381. The second-order valence-electron chi connectivity index (χ2n) is 6.84. The number of benzene rings is 2. The van der Waals surface area contributed by atoms with Gasteiger partial charge in [0.15, 0.2) is 0 Å². The summed E-state index contributed by atoms with van der Waals surface area (Å²) in [5.41, 5.74) is 2.10. The summed E-state index contributed by atoms with van der Waals surface area (Å²) in [4.78, 5) is 18.7. The van der Waals surface area contributed by atoms with Gasteiger partial charge in [0.1, 0.15) is 11.6 Å². The van der Waals surface area contributed by atoms with Crippen molar-refractivity contribution in [3.8, 4) is 5.75 Å². The summed E-state index contributed by atoms with van der Waals surface area (Å²) in [5, 5.41) is 0. The molecule has 1 aliphatic rings. The number of ether oxygens (including phenoxy) is 1. The molecule has 2 aromatic rings. The Bertz CT molecular complexity index is 741. The average Bonchev–Trinajstić information content (AvgIpc) is 2.70. The molecule has 1 heterocycles. The first-order chi connectivity index (χ1) is 13.0. The summed E-state index contributed by atoms with van der Waals surface area (Å²) < 4.78 is 18.2. The lowest BCUT2D eigenvalue weighted by molar-refractivity contribution is -0.131. The number of hydrogen-bond acceptors (Lipinski definition) is 4. The van der Waals surface area contributed by atoms with E-state index in [1.807, 2.05) is 12.1 Å². The number of hydrogen-bond donors (Lipinski definition) is 0. The van der Waals surface area contributed by atoms with Crippen LogP contribution in [0, 0.1) is 5.82 Å². The highest BCUT2D eigenvalue weighted by Crippen LogP contribution is 2.20. The average molecular weight is 371 g/mol. The van der Waals surface area contributed by atoms with Crippen molar-refractivity contribution < 1.29 is 13.9 Å². The maximum absolute atomic E-state index is 13.0. The first kappa shape index (κ1) is 19.2. The zero-order valence-corrected chi connectivity index (χ0v) is 15.9.